The summed E-state index contributed by atoms with van der Waals surface area (Å²) in [6.07, 6.45) is 3.12. The van der Waals surface area contributed by atoms with Gasteiger partial charge in [-0.1, -0.05) is 82.2 Å². The standard InChI is InChI=1S/C29H24BrClN4OS/c30-20-15-13-19(14-16-20)26-22-10-6-7-17-34-25(18-36-21-8-2-1-3-9-21)33-35(29(22)34)27(26)28(37)32-24-12-5-4-11-23(24)31/h1-5,8-9,11-16H,6-7,10,17-18H2,(H,32,37). The third-order valence-corrected chi connectivity index (χ3v) is 7.80. The number of benzene rings is 3. The Hall–Kier alpha value is -3.13. The molecule has 0 spiro atoms. The van der Waals surface area contributed by atoms with Gasteiger partial charge in [-0.25, -0.2) is 4.52 Å². The lowest BCUT2D eigenvalue weighted by molar-refractivity contribution is 0.288. The zero-order valence-corrected chi connectivity index (χ0v) is 23.1. The summed E-state index contributed by atoms with van der Waals surface area (Å²) < 4.78 is 11.5. The van der Waals surface area contributed by atoms with Crippen LogP contribution in [-0.4, -0.2) is 19.2 Å². The van der Waals surface area contributed by atoms with E-state index in [-0.39, 0.29) is 0 Å². The van der Waals surface area contributed by atoms with E-state index in [0.717, 1.165) is 70.0 Å². The van der Waals surface area contributed by atoms with Crippen LogP contribution < -0.4 is 10.1 Å². The van der Waals surface area contributed by atoms with Crippen LogP contribution in [0.1, 0.15) is 29.9 Å². The zero-order chi connectivity index (χ0) is 25.4. The molecule has 0 aliphatic carbocycles. The normalized spacial score (nSPS) is 12.9. The quantitative estimate of drug-likeness (QED) is 0.204. The number of anilines is 1. The molecule has 2 aromatic heterocycles. The second-order valence-electron chi connectivity index (χ2n) is 9.01. The topological polar surface area (TPSA) is 43.5 Å². The first-order valence-corrected chi connectivity index (χ1v) is 13.8. The van der Waals surface area contributed by atoms with E-state index in [1.807, 2.05) is 59.1 Å². The highest BCUT2D eigenvalue weighted by molar-refractivity contribution is 9.10. The number of aromatic nitrogens is 3. The van der Waals surface area contributed by atoms with Crippen LogP contribution in [0.4, 0.5) is 5.69 Å². The van der Waals surface area contributed by atoms with Crippen molar-refractivity contribution in [3.8, 4) is 16.9 Å². The fourth-order valence-corrected chi connectivity index (χ4v) is 5.70. The lowest BCUT2D eigenvalue weighted by atomic mass is 9.98. The molecule has 0 fully saturated rings. The van der Waals surface area contributed by atoms with Crippen molar-refractivity contribution in [2.45, 2.75) is 32.4 Å². The first-order valence-electron chi connectivity index (χ1n) is 12.2. The number of para-hydroxylation sites is 2. The van der Waals surface area contributed by atoms with Gasteiger partial charge in [-0.2, -0.15) is 0 Å². The summed E-state index contributed by atoms with van der Waals surface area (Å²) in [5.74, 6) is 1.70. The second-order valence-corrected chi connectivity index (χ2v) is 10.7. The Morgan fingerprint density at radius 2 is 1.76 bits per heavy atom. The van der Waals surface area contributed by atoms with Gasteiger partial charge in [0.05, 0.1) is 10.7 Å². The highest BCUT2D eigenvalue weighted by Crippen LogP contribution is 2.38. The third-order valence-electron chi connectivity index (χ3n) is 6.64. The molecule has 0 saturated carbocycles. The Labute approximate surface area is 234 Å². The molecule has 1 aliphatic heterocycles. The molecule has 0 bridgehead atoms. The van der Waals surface area contributed by atoms with E-state index in [0.29, 0.717) is 16.6 Å². The molecule has 5 aromatic rings. The van der Waals surface area contributed by atoms with Gasteiger partial charge in [0.25, 0.3) is 0 Å². The van der Waals surface area contributed by atoms with E-state index in [2.05, 4.69) is 50.1 Å². The predicted octanol–water partition coefficient (Wildman–Crippen LogP) is 7.92. The van der Waals surface area contributed by atoms with E-state index in [1.165, 1.54) is 5.56 Å². The van der Waals surface area contributed by atoms with E-state index in [1.54, 1.807) is 0 Å². The van der Waals surface area contributed by atoms with Crippen molar-refractivity contribution in [1.82, 2.24) is 14.2 Å². The van der Waals surface area contributed by atoms with Crippen LogP contribution in [0.25, 0.3) is 16.8 Å². The number of nitrogens with zero attached hydrogens (tertiary/aromatic N) is 3. The molecule has 186 valence electrons. The highest BCUT2D eigenvalue weighted by Gasteiger charge is 2.29. The Morgan fingerprint density at radius 1 is 1.00 bits per heavy atom. The summed E-state index contributed by atoms with van der Waals surface area (Å²) in [7, 11) is 0. The first kappa shape index (κ1) is 24.2. The molecule has 8 heteroatoms. The molecule has 0 amide bonds. The number of rotatable bonds is 6. The molecule has 0 atom stereocenters. The van der Waals surface area contributed by atoms with Crippen LogP contribution >= 0.6 is 39.7 Å². The molecule has 0 unspecified atom stereocenters. The van der Waals surface area contributed by atoms with Gasteiger partial charge in [0.15, 0.2) is 5.82 Å². The van der Waals surface area contributed by atoms with Crippen LogP contribution in [0.15, 0.2) is 83.3 Å². The van der Waals surface area contributed by atoms with Crippen molar-refractivity contribution in [3.63, 3.8) is 0 Å². The van der Waals surface area contributed by atoms with Gasteiger partial charge in [-0.3, -0.25) is 0 Å². The monoisotopic (exact) mass is 590 g/mol. The largest absolute Gasteiger partial charge is 0.486 e. The Kier molecular flexibility index (Phi) is 6.76. The fourth-order valence-electron chi connectivity index (χ4n) is 4.96. The summed E-state index contributed by atoms with van der Waals surface area (Å²) in [6, 6.07) is 25.9. The number of thiocarbonyl (C=S) groups is 1. The molecule has 0 radical (unpaired) electrons. The molecule has 5 nitrogen and oxygen atoms in total. The molecule has 3 heterocycles. The van der Waals surface area contributed by atoms with Crippen LogP contribution in [0, 0.1) is 0 Å². The van der Waals surface area contributed by atoms with Gasteiger partial charge in [-0.05, 0) is 61.2 Å². The number of aryl methyl sites for hydroxylation is 2. The fraction of sp³-hybridized carbons (Fsp3) is 0.172. The Bertz CT molecular complexity index is 1590. The summed E-state index contributed by atoms with van der Waals surface area (Å²) in [4.78, 5) is 0.577. The highest BCUT2D eigenvalue weighted by atomic mass is 79.9. The molecule has 6 rings (SSSR count). The van der Waals surface area contributed by atoms with E-state index >= 15 is 0 Å². The number of hydrogen-bond acceptors (Lipinski definition) is 3. The molecular weight excluding hydrogens is 568 g/mol. The van der Waals surface area contributed by atoms with Crippen LogP contribution in [0.3, 0.4) is 0 Å². The Balaban J connectivity index is 1.51. The lowest BCUT2D eigenvalue weighted by Gasteiger charge is -2.13. The van der Waals surface area contributed by atoms with Crippen molar-refractivity contribution in [2.75, 3.05) is 5.32 Å². The smallest absolute Gasteiger partial charge is 0.169 e. The first-order chi connectivity index (χ1) is 18.1. The molecule has 1 N–H and O–H groups in total. The van der Waals surface area contributed by atoms with Gasteiger partial charge in [0.1, 0.15) is 28.7 Å². The van der Waals surface area contributed by atoms with Crippen molar-refractivity contribution < 1.29 is 4.74 Å². The average molecular weight is 592 g/mol. The SMILES string of the molecule is S=C(Nc1ccccc1Cl)c1c(-c2ccc(Br)cc2)c2c3n(c(COc4ccccc4)nn13)CCCC2. The van der Waals surface area contributed by atoms with Gasteiger partial charge in [-0.15, -0.1) is 5.10 Å². The van der Waals surface area contributed by atoms with Gasteiger partial charge < -0.3 is 14.6 Å². The van der Waals surface area contributed by atoms with Crippen molar-refractivity contribution in [2.24, 2.45) is 0 Å². The molecule has 37 heavy (non-hydrogen) atoms. The number of halogens is 2. The maximum absolute atomic E-state index is 6.47. The summed E-state index contributed by atoms with van der Waals surface area (Å²) in [6.45, 7) is 1.26. The minimum absolute atomic E-state index is 0.378. The maximum atomic E-state index is 6.47. The van der Waals surface area contributed by atoms with E-state index < -0.39 is 0 Å². The molecule has 3 aromatic carbocycles. The van der Waals surface area contributed by atoms with E-state index in [9.17, 15) is 0 Å². The molecule has 0 saturated heterocycles. The molecule has 1 aliphatic rings. The van der Waals surface area contributed by atoms with Gasteiger partial charge >= 0.3 is 0 Å². The van der Waals surface area contributed by atoms with Crippen molar-refractivity contribution >= 4 is 56.1 Å². The van der Waals surface area contributed by atoms with E-state index in [4.69, 9.17) is 33.7 Å². The zero-order valence-electron chi connectivity index (χ0n) is 20.0. The average Bonchev–Trinajstić information content (AvgIpc) is 3.31. The lowest BCUT2D eigenvalue weighted by Crippen LogP contribution is -2.15. The third kappa shape index (κ3) is 4.67. The number of hydrogen-bond donors (Lipinski definition) is 1. The molecular formula is C29H24BrClN4OS. The van der Waals surface area contributed by atoms with Gasteiger partial charge in [0, 0.05) is 22.1 Å². The van der Waals surface area contributed by atoms with Crippen LogP contribution in [0.5, 0.6) is 5.75 Å². The summed E-state index contributed by atoms with van der Waals surface area (Å²) in [5, 5.41) is 9.08. The summed E-state index contributed by atoms with van der Waals surface area (Å²) >= 11 is 16.1. The minimum Gasteiger partial charge on any atom is -0.486 e. The second kappa shape index (κ2) is 10.3. The maximum Gasteiger partial charge on any atom is 0.169 e. The van der Waals surface area contributed by atoms with Crippen molar-refractivity contribution in [3.05, 3.63) is 105 Å². The van der Waals surface area contributed by atoms with Crippen molar-refractivity contribution in [1.29, 1.82) is 0 Å². The van der Waals surface area contributed by atoms with Crippen LogP contribution in [-0.2, 0) is 19.6 Å². The number of nitrogens with one attached hydrogen (secondary N) is 1. The van der Waals surface area contributed by atoms with Gasteiger partial charge in [0.2, 0.25) is 0 Å². The van der Waals surface area contributed by atoms with Crippen LogP contribution in [0.2, 0.25) is 5.02 Å². The minimum atomic E-state index is 0.378. The summed E-state index contributed by atoms with van der Waals surface area (Å²) in [5.41, 5.74) is 6.20. The Morgan fingerprint density at radius 3 is 2.54 bits per heavy atom. The number of ether oxygens (including phenoxy) is 1. The predicted molar refractivity (Wildman–Crippen MR) is 157 cm³/mol.